The Labute approximate surface area is 127 Å². The van der Waals surface area contributed by atoms with E-state index in [2.05, 4.69) is 0 Å². The largest absolute Gasteiger partial charge is 2.00 e. The van der Waals surface area contributed by atoms with E-state index in [1.54, 1.807) is 0 Å². The zero-order valence-corrected chi connectivity index (χ0v) is 14.3. The standard InChI is InChI=1S/4C2H4O2.Co.Zn/c4*1-2(3)4;;/h4*1H3,(H,3,4);;/q;;;;2*+2/p-4. The quantitative estimate of drug-likeness (QED) is 0.388. The molecule has 0 amide bonds. The molecule has 8 nitrogen and oxygen atoms in total. The van der Waals surface area contributed by atoms with Gasteiger partial charge in [0, 0.05) is 23.9 Å². The average molecular weight is 360 g/mol. The van der Waals surface area contributed by atoms with Gasteiger partial charge >= 0.3 is 36.3 Å². The Bertz CT molecular complexity index is 167. The second-order valence-electron chi connectivity index (χ2n) is 1.97. The van der Waals surface area contributed by atoms with E-state index in [0.29, 0.717) is 0 Å². The van der Waals surface area contributed by atoms with Crippen molar-refractivity contribution in [2.24, 2.45) is 0 Å². The zero-order valence-electron chi connectivity index (χ0n) is 10.3. The maximum absolute atomic E-state index is 8.89. The van der Waals surface area contributed by atoms with Crippen LogP contribution in [0.5, 0.6) is 0 Å². The van der Waals surface area contributed by atoms with Crippen LogP contribution in [0.1, 0.15) is 27.7 Å². The minimum absolute atomic E-state index is 0. The Balaban J connectivity index is -0.0000000257. The Kier molecular flexibility index (Phi) is 59.5. The molecule has 0 saturated carbocycles. The number of hydrogen-bond donors (Lipinski definition) is 0. The molecule has 18 heavy (non-hydrogen) atoms. The minimum Gasteiger partial charge on any atom is -0.550 e. The van der Waals surface area contributed by atoms with E-state index >= 15 is 0 Å². The van der Waals surface area contributed by atoms with Crippen LogP contribution in [0.25, 0.3) is 0 Å². The Morgan fingerprint density at radius 3 is 0.556 bits per heavy atom. The van der Waals surface area contributed by atoms with Crippen molar-refractivity contribution >= 4 is 23.9 Å². The third-order valence-corrected chi connectivity index (χ3v) is 0. The average Bonchev–Trinajstić information content (AvgIpc) is 1.76. The number of rotatable bonds is 0. The van der Waals surface area contributed by atoms with Crippen molar-refractivity contribution in [3.63, 3.8) is 0 Å². The van der Waals surface area contributed by atoms with Crippen LogP contribution in [-0.4, -0.2) is 23.9 Å². The van der Waals surface area contributed by atoms with Crippen molar-refractivity contribution in [1.82, 2.24) is 0 Å². The van der Waals surface area contributed by atoms with Crippen LogP contribution in [-0.2, 0) is 55.4 Å². The van der Waals surface area contributed by atoms with Crippen molar-refractivity contribution in [2.45, 2.75) is 27.7 Å². The van der Waals surface area contributed by atoms with Crippen LogP contribution < -0.4 is 20.4 Å². The smallest absolute Gasteiger partial charge is 0.550 e. The molecule has 0 aromatic rings. The summed E-state index contributed by atoms with van der Waals surface area (Å²) in [5.41, 5.74) is 0. The molecule has 1 radical (unpaired) electrons. The van der Waals surface area contributed by atoms with Gasteiger partial charge in [0.05, 0.1) is 0 Å². The van der Waals surface area contributed by atoms with E-state index in [-0.39, 0.29) is 36.3 Å². The Morgan fingerprint density at radius 1 is 0.556 bits per heavy atom. The molecule has 0 saturated heterocycles. The van der Waals surface area contributed by atoms with Gasteiger partial charge in [0.25, 0.3) is 0 Å². The number of carbonyl (C=O) groups excluding carboxylic acids is 4. The second-order valence-corrected chi connectivity index (χ2v) is 1.97. The fourth-order valence-electron chi connectivity index (χ4n) is 0. The van der Waals surface area contributed by atoms with Crippen molar-refractivity contribution in [2.75, 3.05) is 0 Å². The zero-order chi connectivity index (χ0) is 14.3. The predicted octanol–water partition coefficient (Wildman–Crippen LogP) is -4.98. The summed E-state index contributed by atoms with van der Waals surface area (Å²) < 4.78 is 0. The summed E-state index contributed by atoms with van der Waals surface area (Å²) in [5, 5.41) is 35.6. The van der Waals surface area contributed by atoms with E-state index in [1.807, 2.05) is 0 Å². The topological polar surface area (TPSA) is 161 Å². The minimum atomic E-state index is -1.08. The molecule has 0 rings (SSSR count). The fraction of sp³-hybridized carbons (Fsp3) is 0.500. The normalized spacial score (nSPS) is 5.56. The first-order valence-electron chi connectivity index (χ1n) is 3.63. The van der Waals surface area contributed by atoms with Gasteiger partial charge in [-0.15, -0.1) is 0 Å². The van der Waals surface area contributed by atoms with E-state index < -0.39 is 23.9 Å². The molecular formula is C8H12CoO8Zn. The first kappa shape index (κ1) is 36.0. The molecule has 0 heterocycles. The summed E-state index contributed by atoms with van der Waals surface area (Å²) in [6, 6.07) is 0. The summed E-state index contributed by atoms with van der Waals surface area (Å²) in [6.45, 7) is 3.89. The molecule has 10 heteroatoms. The molecule has 0 aromatic carbocycles. The van der Waals surface area contributed by atoms with Crippen LogP contribution in [0.2, 0.25) is 0 Å². The van der Waals surface area contributed by atoms with Crippen LogP contribution in [0, 0.1) is 0 Å². The second kappa shape index (κ2) is 29.8. The summed E-state index contributed by atoms with van der Waals surface area (Å²) >= 11 is 0. The number of hydrogen-bond acceptors (Lipinski definition) is 8. The molecule has 0 spiro atoms. The molecule has 103 valence electrons. The molecule has 0 atom stereocenters. The molecule has 0 bridgehead atoms. The monoisotopic (exact) mass is 359 g/mol. The van der Waals surface area contributed by atoms with Gasteiger partial charge in [-0.05, 0) is 27.7 Å². The van der Waals surface area contributed by atoms with Crippen molar-refractivity contribution < 1.29 is 75.9 Å². The summed E-state index contributed by atoms with van der Waals surface area (Å²) in [7, 11) is 0. The molecule has 0 aliphatic rings. The first-order chi connectivity index (χ1) is 6.93. The van der Waals surface area contributed by atoms with E-state index in [0.717, 1.165) is 27.7 Å². The summed E-state index contributed by atoms with van der Waals surface area (Å²) in [6.07, 6.45) is 0. The Morgan fingerprint density at radius 2 is 0.556 bits per heavy atom. The molecule has 0 aromatic heterocycles. The predicted molar refractivity (Wildman–Crippen MR) is 42.7 cm³/mol. The number of carboxylic acids is 4. The van der Waals surface area contributed by atoms with Crippen molar-refractivity contribution in [3.05, 3.63) is 0 Å². The molecular weight excluding hydrogens is 348 g/mol. The first-order valence-corrected chi connectivity index (χ1v) is 3.63. The van der Waals surface area contributed by atoms with Gasteiger partial charge in [0.15, 0.2) is 0 Å². The molecule has 0 aliphatic carbocycles. The summed E-state index contributed by atoms with van der Waals surface area (Å²) in [5.74, 6) is -4.33. The molecule has 0 aliphatic heterocycles. The number of aliphatic carboxylic acids is 4. The van der Waals surface area contributed by atoms with Gasteiger partial charge in [0.2, 0.25) is 0 Å². The van der Waals surface area contributed by atoms with Gasteiger partial charge < -0.3 is 39.6 Å². The van der Waals surface area contributed by atoms with Gasteiger partial charge in [-0.2, -0.15) is 0 Å². The number of carbonyl (C=O) groups is 4. The summed E-state index contributed by atoms with van der Waals surface area (Å²) in [4.78, 5) is 35.6. The van der Waals surface area contributed by atoms with E-state index in [9.17, 15) is 0 Å². The number of carboxylic acid groups (broad SMARTS) is 4. The molecule has 0 unspecified atom stereocenters. The van der Waals surface area contributed by atoms with Gasteiger partial charge in [-0.3, -0.25) is 0 Å². The molecule has 0 fully saturated rings. The van der Waals surface area contributed by atoms with E-state index in [1.165, 1.54) is 0 Å². The van der Waals surface area contributed by atoms with Crippen LogP contribution in [0.4, 0.5) is 0 Å². The SMILES string of the molecule is CC(=O)[O-].CC(=O)[O-].CC(=O)[O-].CC(=O)[O-].[Co+2].[Zn+2]. The third-order valence-electron chi connectivity index (χ3n) is 0. The van der Waals surface area contributed by atoms with Crippen LogP contribution in [0.15, 0.2) is 0 Å². The van der Waals surface area contributed by atoms with Crippen LogP contribution in [0.3, 0.4) is 0 Å². The van der Waals surface area contributed by atoms with Gasteiger partial charge in [0.1, 0.15) is 0 Å². The van der Waals surface area contributed by atoms with Gasteiger partial charge in [-0.1, -0.05) is 0 Å². The fourth-order valence-corrected chi connectivity index (χ4v) is 0. The maximum atomic E-state index is 8.89. The van der Waals surface area contributed by atoms with E-state index in [4.69, 9.17) is 39.6 Å². The Hall–Kier alpha value is -0.990. The third kappa shape index (κ3) is 3010. The van der Waals surface area contributed by atoms with Crippen LogP contribution >= 0.6 is 0 Å². The van der Waals surface area contributed by atoms with Crippen molar-refractivity contribution in [3.8, 4) is 0 Å². The molecule has 0 N–H and O–H groups in total. The maximum Gasteiger partial charge on any atom is 2.00 e. The van der Waals surface area contributed by atoms with Gasteiger partial charge in [-0.25, -0.2) is 0 Å². The van der Waals surface area contributed by atoms with Crippen molar-refractivity contribution in [1.29, 1.82) is 0 Å².